The van der Waals surface area contributed by atoms with Gasteiger partial charge in [-0.2, -0.15) is 0 Å². The molecule has 0 unspecified atom stereocenters. The fraction of sp³-hybridized carbons (Fsp3) is 0. The van der Waals surface area contributed by atoms with Gasteiger partial charge in [-0.05, 0) is 12.2 Å². The molecule has 0 saturated heterocycles. The molecule has 5 heteroatoms. The molecule has 0 aromatic heterocycles. The second-order valence-corrected chi connectivity index (χ2v) is 1.05. The Morgan fingerprint density at radius 1 is 1.00 bits per heavy atom. The van der Waals surface area contributed by atoms with E-state index in [0.717, 1.165) is 12.2 Å². The normalized spacial score (nSPS) is 5.82. The Bertz CT molecular complexity index is 135. The topological polar surface area (TPSA) is 80.3 Å². The van der Waals surface area contributed by atoms with Crippen LogP contribution in [0.3, 0.4) is 0 Å². The maximum absolute atomic E-state index is 9.14. The summed E-state index contributed by atoms with van der Waals surface area (Å²) in [5.41, 5.74) is 0. The van der Waals surface area contributed by atoms with E-state index in [9.17, 15) is 0 Å². The summed E-state index contributed by atoms with van der Waals surface area (Å²) >= 11 is 0. The summed E-state index contributed by atoms with van der Waals surface area (Å²) in [7, 11) is 0. The number of carboxylic acids is 2. The smallest absolute Gasteiger partial charge is 0.545 e. The Hall–Kier alpha value is -0.0995. The SMILES string of the molecule is C=CC(=O)[O-].C=CC(=O)[O-].[Sr+2]. The Morgan fingerprint density at radius 2 is 1.09 bits per heavy atom. The van der Waals surface area contributed by atoms with Crippen LogP contribution in [-0.2, 0) is 9.59 Å². The largest absolute Gasteiger partial charge is 2.00 e. The van der Waals surface area contributed by atoms with Crippen LogP contribution < -0.4 is 10.2 Å². The van der Waals surface area contributed by atoms with E-state index in [0.29, 0.717) is 0 Å². The molecule has 11 heavy (non-hydrogen) atoms. The Kier molecular flexibility index (Phi) is 19.6. The molecule has 0 saturated carbocycles. The van der Waals surface area contributed by atoms with Gasteiger partial charge in [0.2, 0.25) is 0 Å². The number of rotatable bonds is 2. The van der Waals surface area contributed by atoms with Crippen LogP contribution in [0.15, 0.2) is 25.3 Å². The molecule has 0 radical (unpaired) electrons. The summed E-state index contributed by atoms with van der Waals surface area (Å²) < 4.78 is 0. The molecule has 0 amide bonds. The minimum absolute atomic E-state index is 0. The second-order valence-electron chi connectivity index (χ2n) is 1.05. The van der Waals surface area contributed by atoms with Gasteiger partial charge in [-0.25, -0.2) is 0 Å². The standard InChI is InChI=1S/2C3H4O2.Sr/c2*1-2-3(4)5;/h2*2H,1H2,(H,4,5);/q;;+2/p-2. The van der Waals surface area contributed by atoms with Crippen molar-refractivity contribution in [3.8, 4) is 0 Å². The van der Waals surface area contributed by atoms with Crippen molar-refractivity contribution >= 4 is 57.4 Å². The third kappa shape index (κ3) is 40.6. The van der Waals surface area contributed by atoms with E-state index in [1.54, 1.807) is 0 Å². The van der Waals surface area contributed by atoms with E-state index in [1.807, 2.05) is 0 Å². The second kappa shape index (κ2) is 12.6. The number of carbonyl (C=O) groups is 2. The molecular weight excluding hydrogens is 224 g/mol. The van der Waals surface area contributed by atoms with Crippen molar-refractivity contribution in [1.29, 1.82) is 0 Å². The molecule has 0 aromatic rings. The van der Waals surface area contributed by atoms with Crippen molar-refractivity contribution in [2.24, 2.45) is 0 Å². The summed E-state index contributed by atoms with van der Waals surface area (Å²) in [4.78, 5) is 18.3. The van der Waals surface area contributed by atoms with Crippen LogP contribution in [0, 0.1) is 0 Å². The van der Waals surface area contributed by atoms with Crippen molar-refractivity contribution in [2.75, 3.05) is 0 Å². The number of hydrogen-bond donors (Lipinski definition) is 0. The molecule has 0 N–H and O–H groups in total. The molecule has 0 spiro atoms. The van der Waals surface area contributed by atoms with Gasteiger partial charge in [-0.15, -0.1) is 0 Å². The zero-order valence-corrected chi connectivity index (χ0v) is 9.39. The summed E-state index contributed by atoms with van der Waals surface area (Å²) in [5, 5.41) is 18.3. The maximum atomic E-state index is 9.14. The third-order valence-corrected chi connectivity index (χ3v) is 0.333. The fourth-order valence-corrected chi connectivity index (χ4v) is 0. The van der Waals surface area contributed by atoms with E-state index in [2.05, 4.69) is 13.2 Å². The van der Waals surface area contributed by atoms with Gasteiger partial charge in [0.1, 0.15) is 0 Å². The summed E-state index contributed by atoms with van der Waals surface area (Å²) in [6.07, 6.45) is 1.44. The number of carboxylic acid groups (broad SMARTS) is 2. The van der Waals surface area contributed by atoms with Gasteiger partial charge in [0, 0.05) is 0 Å². The fourth-order valence-electron chi connectivity index (χ4n) is 0. The van der Waals surface area contributed by atoms with Crippen LogP contribution >= 0.6 is 0 Å². The van der Waals surface area contributed by atoms with Crippen LogP contribution in [-0.4, -0.2) is 57.4 Å². The van der Waals surface area contributed by atoms with Crippen molar-refractivity contribution < 1.29 is 19.8 Å². The molecule has 56 valence electrons. The van der Waals surface area contributed by atoms with Crippen LogP contribution in [0.25, 0.3) is 0 Å². The van der Waals surface area contributed by atoms with Gasteiger partial charge in [0.05, 0.1) is 11.9 Å². The zero-order valence-electron chi connectivity index (χ0n) is 5.91. The Balaban J connectivity index is -0.000000107. The van der Waals surface area contributed by atoms with Crippen molar-refractivity contribution in [3.05, 3.63) is 25.3 Å². The minimum Gasteiger partial charge on any atom is -0.545 e. The van der Waals surface area contributed by atoms with Crippen molar-refractivity contribution in [3.63, 3.8) is 0 Å². The van der Waals surface area contributed by atoms with Gasteiger partial charge >= 0.3 is 45.5 Å². The van der Waals surface area contributed by atoms with Gasteiger partial charge < -0.3 is 19.8 Å². The Labute approximate surface area is 101 Å². The van der Waals surface area contributed by atoms with E-state index in [-0.39, 0.29) is 45.5 Å². The first-order chi connectivity index (χ1) is 4.54. The molecule has 0 bridgehead atoms. The first-order valence-electron chi connectivity index (χ1n) is 2.21. The van der Waals surface area contributed by atoms with Gasteiger partial charge in [0.25, 0.3) is 0 Å². The molecule has 0 atom stereocenters. The molecule has 0 aliphatic heterocycles. The summed E-state index contributed by atoms with van der Waals surface area (Å²) in [6, 6.07) is 0. The first kappa shape index (κ1) is 17.1. The maximum Gasteiger partial charge on any atom is 2.00 e. The predicted molar refractivity (Wildman–Crippen MR) is 36.2 cm³/mol. The van der Waals surface area contributed by atoms with Gasteiger partial charge in [-0.3, -0.25) is 0 Å². The van der Waals surface area contributed by atoms with E-state index in [4.69, 9.17) is 19.8 Å². The monoisotopic (exact) mass is 230 g/mol. The van der Waals surface area contributed by atoms with Crippen LogP contribution in [0.4, 0.5) is 0 Å². The van der Waals surface area contributed by atoms with Crippen LogP contribution in [0.1, 0.15) is 0 Å². The van der Waals surface area contributed by atoms with E-state index >= 15 is 0 Å². The Morgan fingerprint density at radius 3 is 1.09 bits per heavy atom. The molecule has 4 nitrogen and oxygen atoms in total. The molecular formula is C6H6O4Sr. The average molecular weight is 230 g/mol. The summed E-state index contributed by atoms with van der Waals surface area (Å²) in [6.45, 7) is 5.80. The van der Waals surface area contributed by atoms with E-state index in [1.165, 1.54) is 0 Å². The predicted octanol–water partition coefficient (Wildman–Crippen LogP) is -2.54. The number of hydrogen-bond acceptors (Lipinski definition) is 4. The van der Waals surface area contributed by atoms with E-state index < -0.39 is 11.9 Å². The summed E-state index contributed by atoms with van der Waals surface area (Å²) in [5.74, 6) is -2.46. The van der Waals surface area contributed by atoms with Crippen LogP contribution in [0.2, 0.25) is 0 Å². The molecule has 0 fully saturated rings. The van der Waals surface area contributed by atoms with Crippen LogP contribution in [0.5, 0.6) is 0 Å². The molecule has 0 aliphatic carbocycles. The molecule has 0 aliphatic rings. The molecule has 0 aromatic carbocycles. The molecule has 0 heterocycles. The number of aliphatic carboxylic acids is 2. The first-order valence-corrected chi connectivity index (χ1v) is 2.21. The van der Waals surface area contributed by atoms with Crippen molar-refractivity contribution in [1.82, 2.24) is 0 Å². The van der Waals surface area contributed by atoms with Crippen molar-refractivity contribution in [2.45, 2.75) is 0 Å². The minimum atomic E-state index is -1.23. The zero-order chi connectivity index (χ0) is 8.57. The van der Waals surface area contributed by atoms with Gasteiger partial charge in [0.15, 0.2) is 0 Å². The van der Waals surface area contributed by atoms with Gasteiger partial charge in [-0.1, -0.05) is 13.2 Å². The quantitative estimate of drug-likeness (QED) is 0.386. The average Bonchev–Trinajstić information content (AvgIpc) is 1.89. The molecule has 0 rings (SSSR count). The number of carbonyl (C=O) groups excluding carboxylic acids is 2. The third-order valence-electron chi connectivity index (χ3n) is 0.333.